The predicted octanol–water partition coefficient (Wildman–Crippen LogP) is 2.23. The largest absolute Gasteiger partial charge is 0.489 e. The van der Waals surface area contributed by atoms with Crippen LogP contribution in [0.2, 0.25) is 0 Å². The standard InChI is InChI=1S/C23H25N3O5S/c1-16-12-17(20-4-2-3-5-21(20)25-16)14-31-19-8-6-18(7-9-19)23(13-22(27)26-28)15-24-10-11-32(23,29)30/h2-9,12,24,28H,10-11,13-15H2,1H3,(H,26,27). The van der Waals surface area contributed by atoms with Crippen molar-refractivity contribution in [1.82, 2.24) is 15.8 Å². The molecule has 8 nitrogen and oxygen atoms in total. The van der Waals surface area contributed by atoms with E-state index in [4.69, 9.17) is 9.94 Å². The van der Waals surface area contributed by atoms with Gasteiger partial charge in [0.05, 0.1) is 17.7 Å². The Hall–Kier alpha value is -3.01. The second-order valence-corrected chi connectivity index (χ2v) is 10.4. The SMILES string of the molecule is Cc1cc(COc2ccc(C3(CC(=O)NO)CNCCS3(=O)=O)cc2)c2ccccc2n1. The lowest BCUT2D eigenvalue weighted by Gasteiger charge is -2.37. The lowest BCUT2D eigenvalue weighted by atomic mass is 9.93. The summed E-state index contributed by atoms with van der Waals surface area (Å²) in [6, 6.07) is 16.6. The Morgan fingerprint density at radius 1 is 1.22 bits per heavy atom. The first kappa shape index (κ1) is 22.2. The third-order valence-electron chi connectivity index (χ3n) is 5.83. The van der Waals surface area contributed by atoms with Crippen molar-refractivity contribution < 1.29 is 23.2 Å². The maximum Gasteiger partial charge on any atom is 0.245 e. The molecule has 0 aliphatic carbocycles. The highest BCUT2D eigenvalue weighted by molar-refractivity contribution is 7.92. The molecule has 1 saturated heterocycles. The zero-order chi connectivity index (χ0) is 22.8. The highest BCUT2D eigenvalue weighted by atomic mass is 32.2. The quantitative estimate of drug-likeness (QED) is 0.385. The van der Waals surface area contributed by atoms with Gasteiger partial charge < -0.3 is 10.1 Å². The van der Waals surface area contributed by atoms with Crippen LogP contribution in [0.5, 0.6) is 5.75 Å². The molecule has 1 atom stereocenters. The van der Waals surface area contributed by atoms with Gasteiger partial charge in [-0.1, -0.05) is 30.3 Å². The average Bonchev–Trinajstić information content (AvgIpc) is 2.79. The molecular formula is C23H25N3O5S. The zero-order valence-corrected chi connectivity index (χ0v) is 18.5. The maximum absolute atomic E-state index is 13.0. The van der Waals surface area contributed by atoms with Crippen LogP contribution >= 0.6 is 0 Å². The molecule has 1 aliphatic heterocycles. The van der Waals surface area contributed by atoms with Gasteiger partial charge >= 0.3 is 0 Å². The lowest BCUT2D eigenvalue weighted by Crippen LogP contribution is -2.54. The monoisotopic (exact) mass is 455 g/mol. The zero-order valence-electron chi connectivity index (χ0n) is 17.7. The molecule has 0 spiro atoms. The molecule has 32 heavy (non-hydrogen) atoms. The van der Waals surface area contributed by atoms with Crippen molar-refractivity contribution in [1.29, 1.82) is 0 Å². The summed E-state index contributed by atoms with van der Waals surface area (Å²) < 4.78 is 30.5. The molecule has 2 heterocycles. The third kappa shape index (κ3) is 4.19. The van der Waals surface area contributed by atoms with Gasteiger partial charge in [-0.3, -0.25) is 15.0 Å². The summed E-state index contributed by atoms with van der Waals surface area (Å²) in [5, 5.41) is 13.1. The average molecular weight is 456 g/mol. The predicted molar refractivity (Wildman–Crippen MR) is 120 cm³/mol. The van der Waals surface area contributed by atoms with Crippen LogP contribution < -0.4 is 15.5 Å². The van der Waals surface area contributed by atoms with Crippen molar-refractivity contribution in [2.24, 2.45) is 0 Å². The van der Waals surface area contributed by atoms with Gasteiger partial charge in [0.1, 0.15) is 17.1 Å². The molecule has 0 saturated carbocycles. The minimum Gasteiger partial charge on any atom is -0.489 e. The Morgan fingerprint density at radius 3 is 2.69 bits per heavy atom. The minimum atomic E-state index is -3.62. The first-order valence-corrected chi connectivity index (χ1v) is 11.9. The molecule has 3 N–H and O–H groups in total. The van der Waals surface area contributed by atoms with E-state index in [0.717, 1.165) is 22.2 Å². The Morgan fingerprint density at radius 2 is 1.97 bits per heavy atom. The van der Waals surface area contributed by atoms with Crippen LogP contribution in [-0.4, -0.2) is 43.4 Å². The van der Waals surface area contributed by atoms with Crippen molar-refractivity contribution in [2.45, 2.75) is 24.7 Å². The molecule has 0 bridgehead atoms. The number of carbonyl (C=O) groups excluding carboxylic acids is 1. The van der Waals surface area contributed by atoms with E-state index in [1.165, 1.54) is 0 Å². The number of pyridine rings is 1. The highest BCUT2D eigenvalue weighted by Gasteiger charge is 2.48. The van der Waals surface area contributed by atoms with E-state index in [-0.39, 0.29) is 18.7 Å². The number of sulfone groups is 1. The molecule has 4 rings (SSSR count). The first-order valence-electron chi connectivity index (χ1n) is 10.3. The van der Waals surface area contributed by atoms with E-state index < -0.39 is 20.5 Å². The fourth-order valence-corrected chi connectivity index (χ4v) is 6.16. The number of nitrogens with one attached hydrogen (secondary N) is 2. The van der Waals surface area contributed by atoms with Gasteiger partial charge in [0, 0.05) is 29.7 Å². The number of aryl methyl sites for hydroxylation is 1. The van der Waals surface area contributed by atoms with Crippen molar-refractivity contribution in [2.75, 3.05) is 18.8 Å². The fraction of sp³-hybridized carbons (Fsp3) is 0.304. The van der Waals surface area contributed by atoms with E-state index >= 15 is 0 Å². The van der Waals surface area contributed by atoms with E-state index in [2.05, 4.69) is 10.3 Å². The van der Waals surface area contributed by atoms with Crippen LogP contribution in [0.4, 0.5) is 0 Å². The molecular weight excluding hydrogens is 430 g/mol. The summed E-state index contributed by atoms with van der Waals surface area (Å²) in [6.45, 7) is 2.68. The first-order chi connectivity index (χ1) is 15.3. The smallest absolute Gasteiger partial charge is 0.245 e. The second-order valence-electron chi connectivity index (χ2n) is 7.95. The van der Waals surface area contributed by atoms with Crippen LogP contribution in [0.25, 0.3) is 10.9 Å². The Bertz CT molecular complexity index is 1240. The maximum atomic E-state index is 13.0. The van der Waals surface area contributed by atoms with E-state index in [0.29, 0.717) is 24.5 Å². The molecule has 9 heteroatoms. The van der Waals surface area contributed by atoms with Gasteiger partial charge in [-0.2, -0.15) is 0 Å². The Kier molecular flexibility index (Phi) is 6.14. The van der Waals surface area contributed by atoms with Gasteiger partial charge in [-0.15, -0.1) is 0 Å². The normalized spacial score (nSPS) is 20.1. The minimum absolute atomic E-state index is 0.0849. The molecule has 0 radical (unpaired) electrons. The Balaban J connectivity index is 1.59. The number of carbonyl (C=O) groups is 1. The summed E-state index contributed by atoms with van der Waals surface area (Å²) >= 11 is 0. The number of fused-ring (bicyclic) bond motifs is 1. The van der Waals surface area contributed by atoms with Crippen molar-refractivity contribution in [3.63, 3.8) is 0 Å². The van der Waals surface area contributed by atoms with Crippen LogP contribution in [-0.2, 0) is 26.0 Å². The molecule has 1 aliphatic rings. The third-order valence-corrected chi connectivity index (χ3v) is 8.29. The summed E-state index contributed by atoms with van der Waals surface area (Å²) in [5.74, 6) is -0.258. The van der Waals surface area contributed by atoms with Gasteiger partial charge in [0.15, 0.2) is 9.84 Å². The number of ether oxygens (including phenoxy) is 1. The molecule has 3 aromatic rings. The van der Waals surface area contributed by atoms with E-state index in [1.54, 1.807) is 29.7 Å². The lowest BCUT2D eigenvalue weighted by molar-refractivity contribution is -0.129. The number of benzene rings is 2. The molecule has 168 valence electrons. The highest BCUT2D eigenvalue weighted by Crippen LogP contribution is 2.37. The molecule has 1 amide bonds. The number of aromatic nitrogens is 1. The van der Waals surface area contributed by atoms with E-state index in [1.807, 2.05) is 37.3 Å². The van der Waals surface area contributed by atoms with Crippen LogP contribution in [0.15, 0.2) is 54.6 Å². The van der Waals surface area contributed by atoms with Gasteiger partial charge in [-0.05, 0) is 36.8 Å². The van der Waals surface area contributed by atoms with Gasteiger partial charge in [0.25, 0.3) is 0 Å². The van der Waals surface area contributed by atoms with Gasteiger partial charge in [-0.25, -0.2) is 13.9 Å². The number of hydrogen-bond donors (Lipinski definition) is 3. The van der Waals surface area contributed by atoms with Crippen molar-refractivity contribution >= 4 is 26.6 Å². The van der Waals surface area contributed by atoms with Crippen molar-refractivity contribution in [3.8, 4) is 5.75 Å². The van der Waals surface area contributed by atoms with Crippen LogP contribution in [0.1, 0.15) is 23.2 Å². The summed E-state index contributed by atoms with van der Waals surface area (Å²) in [7, 11) is -3.62. The number of hydroxylamine groups is 1. The summed E-state index contributed by atoms with van der Waals surface area (Å²) in [4.78, 5) is 16.5. The molecule has 1 fully saturated rings. The fourth-order valence-electron chi connectivity index (χ4n) is 4.19. The molecule has 1 unspecified atom stereocenters. The number of amides is 1. The topological polar surface area (TPSA) is 118 Å². The van der Waals surface area contributed by atoms with Crippen molar-refractivity contribution in [3.05, 3.63) is 71.4 Å². The number of rotatable bonds is 6. The second kappa shape index (κ2) is 8.85. The number of nitrogens with zero attached hydrogens (tertiary/aromatic N) is 1. The van der Waals surface area contributed by atoms with E-state index in [9.17, 15) is 13.2 Å². The van der Waals surface area contributed by atoms with Crippen LogP contribution in [0.3, 0.4) is 0 Å². The van der Waals surface area contributed by atoms with Gasteiger partial charge in [0.2, 0.25) is 5.91 Å². The summed E-state index contributed by atoms with van der Waals surface area (Å²) in [6.07, 6.45) is -0.374. The number of para-hydroxylation sites is 1. The molecule has 1 aromatic heterocycles. The molecule has 2 aromatic carbocycles. The summed E-state index contributed by atoms with van der Waals surface area (Å²) in [5.41, 5.74) is 4.84. The Labute approximate surface area is 186 Å². The van der Waals surface area contributed by atoms with Crippen LogP contribution in [0, 0.1) is 6.92 Å². The number of hydrogen-bond acceptors (Lipinski definition) is 7.